The first kappa shape index (κ1) is 25.5. The van der Waals surface area contributed by atoms with E-state index in [4.69, 9.17) is 4.74 Å². The van der Waals surface area contributed by atoms with E-state index in [0.29, 0.717) is 26.8 Å². The Morgan fingerprint density at radius 3 is 2.25 bits per heavy atom. The highest BCUT2D eigenvalue weighted by molar-refractivity contribution is 7.17. The lowest BCUT2D eigenvalue weighted by atomic mass is 9.95. The number of aromatic nitrogens is 2. The molecule has 1 aliphatic rings. The first-order chi connectivity index (χ1) is 17.0. The Labute approximate surface area is 216 Å². The molecule has 9 nitrogen and oxygen atoms in total. The number of carbonyl (C=O) groups is 3. The van der Waals surface area contributed by atoms with Gasteiger partial charge < -0.3 is 14.7 Å². The molecule has 2 aromatic heterocycles. The number of rotatable bonds is 7. The van der Waals surface area contributed by atoms with Gasteiger partial charge in [-0.05, 0) is 45.4 Å². The van der Waals surface area contributed by atoms with Gasteiger partial charge in [0.2, 0.25) is 5.78 Å². The van der Waals surface area contributed by atoms with Crippen LogP contribution in [0.3, 0.4) is 0 Å². The van der Waals surface area contributed by atoms with Crippen LogP contribution in [0.4, 0.5) is 10.8 Å². The van der Waals surface area contributed by atoms with Gasteiger partial charge in [-0.25, -0.2) is 14.8 Å². The van der Waals surface area contributed by atoms with Crippen molar-refractivity contribution in [3.8, 4) is 0 Å². The fourth-order valence-corrected chi connectivity index (χ4v) is 5.90. The molecule has 0 bridgehead atoms. The van der Waals surface area contributed by atoms with Crippen LogP contribution in [0.5, 0.6) is 0 Å². The van der Waals surface area contributed by atoms with Crippen molar-refractivity contribution >= 4 is 51.2 Å². The van der Waals surface area contributed by atoms with Crippen LogP contribution in [0.25, 0.3) is 0 Å². The lowest BCUT2D eigenvalue weighted by Crippen LogP contribution is -2.31. The monoisotopic (exact) mass is 526 g/mol. The Hall–Kier alpha value is -3.57. The van der Waals surface area contributed by atoms with Gasteiger partial charge in [-0.3, -0.25) is 14.5 Å². The Bertz CT molecular complexity index is 1390. The maximum Gasteiger partial charge on any atom is 0.350 e. The number of hydrogen-bond donors (Lipinski definition) is 1. The molecule has 1 aromatic carbocycles. The van der Waals surface area contributed by atoms with Crippen LogP contribution in [0.1, 0.15) is 54.3 Å². The number of hydrogen-bond acceptors (Lipinski definition) is 10. The predicted molar refractivity (Wildman–Crippen MR) is 139 cm³/mol. The second-order valence-corrected chi connectivity index (χ2v) is 10.6. The molecule has 1 atom stereocenters. The van der Waals surface area contributed by atoms with Crippen LogP contribution in [-0.4, -0.2) is 53.4 Å². The summed E-state index contributed by atoms with van der Waals surface area (Å²) < 4.78 is 5.12. The van der Waals surface area contributed by atoms with Gasteiger partial charge in [-0.2, -0.15) is 0 Å². The average Bonchev–Trinajstić information content (AvgIpc) is 3.46. The quantitative estimate of drug-likeness (QED) is 0.352. The number of ether oxygens (including phenoxy) is 1. The van der Waals surface area contributed by atoms with Crippen LogP contribution in [0.15, 0.2) is 35.6 Å². The molecule has 1 amide bonds. The molecule has 0 radical (unpaired) electrons. The summed E-state index contributed by atoms with van der Waals surface area (Å²) in [6, 6.07) is 6.42. The highest BCUT2D eigenvalue weighted by Crippen LogP contribution is 2.44. The van der Waals surface area contributed by atoms with Crippen molar-refractivity contribution in [3.05, 3.63) is 67.3 Å². The van der Waals surface area contributed by atoms with E-state index in [9.17, 15) is 19.5 Å². The summed E-state index contributed by atoms with van der Waals surface area (Å²) >= 11 is 2.20. The van der Waals surface area contributed by atoms with E-state index in [2.05, 4.69) is 9.97 Å². The number of nitrogens with zero attached hydrogens (tertiary/aromatic N) is 4. The molecule has 1 unspecified atom stereocenters. The number of anilines is 2. The van der Waals surface area contributed by atoms with Gasteiger partial charge in [-0.1, -0.05) is 23.5 Å². The third-order valence-electron chi connectivity index (χ3n) is 5.74. The number of thiazole rings is 2. The summed E-state index contributed by atoms with van der Waals surface area (Å²) in [5, 5.41) is 11.9. The smallest absolute Gasteiger partial charge is 0.350 e. The molecule has 0 saturated heterocycles. The number of aliphatic hydroxyl groups excluding tert-OH is 1. The SMILES string of the molecule is CCOC(=O)c1sc(N2C(=O)C(O)=C(C(=O)c3sc(C)nc3C)C2c2ccc(N(C)C)cc2)nc1C. The van der Waals surface area contributed by atoms with E-state index in [-0.39, 0.29) is 22.2 Å². The van der Waals surface area contributed by atoms with Crippen LogP contribution in [0, 0.1) is 20.8 Å². The second-order valence-electron chi connectivity index (χ2n) is 8.43. The molecule has 0 aliphatic carbocycles. The number of aliphatic hydroxyl groups is 1. The molecular weight excluding hydrogens is 500 g/mol. The minimum atomic E-state index is -0.941. The van der Waals surface area contributed by atoms with Gasteiger partial charge in [0.05, 0.1) is 39.5 Å². The molecule has 0 saturated carbocycles. The Morgan fingerprint density at radius 2 is 1.69 bits per heavy atom. The van der Waals surface area contributed by atoms with Crippen molar-refractivity contribution in [2.45, 2.75) is 33.7 Å². The number of amides is 1. The Balaban J connectivity index is 1.86. The zero-order valence-corrected chi connectivity index (χ0v) is 22.4. The lowest BCUT2D eigenvalue weighted by Gasteiger charge is -2.25. The fourth-order valence-electron chi connectivity index (χ4n) is 4.04. The van der Waals surface area contributed by atoms with E-state index in [1.54, 1.807) is 27.7 Å². The first-order valence-electron chi connectivity index (χ1n) is 11.2. The molecule has 3 aromatic rings. The van der Waals surface area contributed by atoms with Crippen LogP contribution >= 0.6 is 22.7 Å². The number of benzene rings is 1. The van der Waals surface area contributed by atoms with Gasteiger partial charge in [0, 0.05) is 19.8 Å². The standard InChI is InChI=1S/C25H26N4O5S2/c1-7-34-24(33)22-13(3)27-25(36-22)29-18(15-8-10-16(11-9-15)28(5)6)17(20(31)23(29)32)19(30)21-12(2)26-14(4)35-21/h8-11,18,31H,7H2,1-6H3. The van der Waals surface area contributed by atoms with Gasteiger partial charge in [0.15, 0.2) is 10.9 Å². The fraction of sp³-hybridized carbons (Fsp3) is 0.320. The number of Topliss-reactive ketones (excluding diaryl/α,β-unsaturated/α-hetero) is 1. The van der Waals surface area contributed by atoms with E-state index >= 15 is 0 Å². The summed E-state index contributed by atoms with van der Waals surface area (Å²) in [6.45, 7) is 7.07. The zero-order chi connectivity index (χ0) is 26.3. The summed E-state index contributed by atoms with van der Waals surface area (Å²) in [6.07, 6.45) is 0. The summed E-state index contributed by atoms with van der Waals surface area (Å²) in [5.74, 6) is -2.41. The molecule has 36 heavy (non-hydrogen) atoms. The van der Waals surface area contributed by atoms with Crippen LogP contribution in [0.2, 0.25) is 0 Å². The topological polar surface area (TPSA) is 113 Å². The van der Waals surface area contributed by atoms with Crippen molar-refractivity contribution in [2.75, 3.05) is 30.5 Å². The molecule has 1 N–H and O–H groups in total. The van der Waals surface area contributed by atoms with E-state index in [1.807, 2.05) is 43.3 Å². The van der Waals surface area contributed by atoms with E-state index in [0.717, 1.165) is 17.0 Å². The molecular formula is C25H26N4O5S2. The van der Waals surface area contributed by atoms with Crippen molar-refractivity contribution in [1.82, 2.24) is 9.97 Å². The molecule has 11 heteroatoms. The largest absolute Gasteiger partial charge is 0.503 e. The summed E-state index contributed by atoms with van der Waals surface area (Å²) in [4.78, 5) is 52.1. The molecule has 0 fully saturated rings. The highest BCUT2D eigenvalue weighted by Gasteiger charge is 2.46. The molecule has 4 rings (SSSR count). The van der Waals surface area contributed by atoms with E-state index in [1.165, 1.54) is 16.2 Å². The Kier molecular flexibility index (Phi) is 6.96. The normalized spacial score (nSPS) is 15.6. The molecule has 3 heterocycles. The molecule has 0 spiro atoms. The third-order valence-corrected chi connectivity index (χ3v) is 7.95. The minimum Gasteiger partial charge on any atom is -0.503 e. The van der Waals surface area contributed by atoms with Crippen molar-refractivity contribution in [1.29, 1.82) is 0 Å². The zero-order valence-electron chi connectivity index (χ0n) is 20.8. The van der Waals surface area contributed by atoms with Gasteiger partial charge in [0.25, 0.3) is 5.91 Å². The van der Waals surface area contributed by atoms with E-state index < -0.39 is 29.5 Å². The van der Waals surface area contributed by atoms with Gasteiger partial charge >= 0.3 is 5.97 Å². The minimum absolute atomic E-state index is 0.0464. The number of aryl methyl sites for hydroxylation is 3. The number of ketones is 1. The predicted octanol–water partition coefficient (Wildman–Crippen LogP) is 4.55. The molecule has 1 aliphatic heterocycles. The van der Waals surface area contributed by atoms with Crippen molar-refractivity contribution in [2.24, 2.45) is 0 Å². The number of esters is 1. The maximum atomic E-state index is 13.7. The van der Waals surface area contributed by atoms with Gasteiger partial charge in [-0.15, -0.1) is 11.3 Å². The summed E-state index contributed by atoms with van der Waals surface area (Å²) in [7, 11) is 3.82. The van der Waals surface area contributed by atoms with Gasteiger partial charge in [0.1, 0.15) is 4.88 Å². The van der Waals surface area contributed by atoms with Crippen molar-refractivity contribution < 1.29 is 24.2 Å². The van der Waals surface area contributed by atoms with Crippen LogP contribution in [-0.2, 0) is 9.53 Å². The average molecular weight is 527 g/mol. The number of carbonyl (C=O) groups excluding carboxylic acids is 3. The highest BCUT2D eigenvalue weighted by atomic mass is 32.1. The van der Waals surface area contributed by atoms with Crippen molar-refractivity contribution in [3.63, 3.8) is 0 Å². The second kappa shape index (κ2) is 9.82. The first-order valence-corrected chi connectivity index (χ1v) is 12.9. The third kappa shape index (κ3) is 4.40. The lowest BCUT2D eigenvalue weighted by molar-refractivity contribution is -0.117. The van der Waals surface area contributed by atoms with Crippen LogP contribution < -0.4 is 9.80 Å². The molecule has 188 valence electrons. The maximum absolute atomic E-state index is 13.7. The summed E-state index contributed by atoms with van der Waals surface area (Å²) in [5.41, 5.74) is 2.43. The Morgan fingerprint density at radius 1 is 1.06 bits per heavy atom.